The minimum absolute atomic E-state index is 0.124. The van der Waals surface area contributed by atoms with Gasteiger partial charge < -0.3 is 15.0 Å². The van der Waals surface area contributed by atoms with Gasteiger partial charge in [-0.15, -0.1) is 0 Å². The molecule has 2 aromatic rings. The van der Waals surface area contributed by atoms with Crippen molar-refractivity contribution in [3.8, 4) is 5.75 Å². The van der Waals surface area contributed by atoms with Crippen molar-refractivity contribution < 1.29 is 27.1 Å². The standard InChI is InChI=1S/C16H18N3O5P.CH2F2/c17-14-7-8-19(16(20)18-14)15-6-5-12(23-15)10-22-25-21-9-11-3-1-2-4-13(11)24-25;2-1-3/h1-4,7-8,12,15H,5-6,9-10H2,(H2,17,18,20);1H2. The molecule has 2 N–H and O–H groups in total. The molecule has 28 heavy (non-hydrogen) atoms. The Hall–Kier alpha value is -2.13. The van der Waals surface area contributed by atoms with E-state index in [1.165, 1.54) is 4.57 Å². The fourth-order valence-corrected chi connectivity index (χ4v) is 3.86. The van der Waals surface area contributed by atoms with Gasteiger partial charge in [0.25, 0.3) is 0 Å². The van der Waals surface area contributed by atoms with Gasteiger partial charge in [-0.05, 0) is 25.0 Å². The van der Waals surface area contributed by atoms with E-state index in [2.05, 4.69) is 4.98 Å². The largest absolute Gasteiger partial charge is 0.426 e. The van der Waals surface area contributed by atoms with Crippen molar-refractivity contribution in [2.45, 2.75) is 31.8 Å². The Morgan fingerprint density at radius 2 is 2.07 bits per heavy atom. The summed E-state index contributed by atoms with van der Waals surface area (Å²) in [5, 5.41) is 0. The highest BCUT2D eigenvalue weighted by Gasteiger charge is 2.30. The first-order valence-electron chi connectivity index (χ1n) is 8.54. The van der Waals surface area contributed by atoms with Crippen LogP contribution >= 0.6 is 8.60 Å². The van der Waals surface area contributed by atoms with Crippen LogP contribution in [0.2, 0.25) is 0 Å². The summed E-state index contributed by atoms with van der Waals surface area (Å²) in [6.45, 7) is -0.927. The second-order valence-electron chi connectivity index (χ2n) is 5.93. The fraction of sp³-hybridized carbons (Fsp3) is 0.412. The average molecular weight is 415 g/mol. The molecule has 0 radical (unpaired) electrons. The minimum atomic E-state index is -1.75. The number of rotatable bonds is 4. The molecular weight excluding hydrogens is 395 g/mol. The summed E-state index contributed by atoms with van der Waals surface area (Å²) < 4.78 is 43.6. The van der Waals surface area contributed by atoms with E-state index >= 15 is 0 Å². The minimum Gasteiger partial charge on any atom is -0.426 e. The van der Waals surface area contributed by atoms with Gasteiger partial charge in [0.1, 0.15) is 17.8 Å². The average Bonchev–Trinajstić information content (AvgIpc) is 3.15. The number of aromatic nitrogens is 2. The Morgan fingerprint density at radius 1 is 1.29 bits per heavy atom. The Balaban J connectivity index is 0.000000706. The van der Waals surface area contributed by atoms with Crippen LogP contribution in [0.4, 0.5) is 14.6 Å². The summed E-state index contributed by atoms with van der Waals surface area (Å²) in [6, 6.07) is 9.31. The first-order chi connectivity index (χ1) is 13.6. The van der Waals surface area contributed by atoms with Crippen LogP contribution in [0.15, 0.2) is 41.3 Å². The molecule has 2 aliphatic heterocycles. The molecule has 3 heterocycles. The molecule has 0 amide bonds. The number of nitrogen functional groups attached to an aromatic ring is 1. The van der Waals surface area contributed by atoms with Crippen molar-refractivity contribution in [1.82, 2.24) is 9.55 Å². The first kappa shape index (κ1) is 20.6. The van der Waals surface area contributed by atoms with E-state index in [0.29, 0.717) is 19.6 Å². The van der Waals surface area contributed by atoms with Gasteiger partial charge in [0.05, 0.1) is 19.3 Å². The molecule has 1 aromatic heterocycles. The van der Waals surface area contributed by atoms with Crippen LogP contribution < -0.4 is 15.9 Å². The molecule has 1 aromatic carbocycles. The number of halogens is 2. The lowest BCUT2D eigenvalue weighted by Gasteiger charge is -2.24. The number of hydrogen-bond donors (Lipinski definition) is 1. The van der Waals surface area contributed by atoms with E-state index in [4.69, 9.17) is 24.0 Å². The number of nitrogens with two attached hydrogens (primary N) is 1. The van der Waals surface area contributed by atoms with Crippen molar-refractivity contribution in [3.05, 3.63) is 52.6 Å². The van der Waals surface area contributed by atoms with E-state index in [0.717, 1.165) is 17.7 Å². The van der Waals surface area contributed by atoms with Gasteiger partial charge in [0, 0.05) is 11.8 Å². The molecule has 11 heteroatoms. The Labute approximate surface area is 161 Å². The molecular formula is C17H20F2N3O5P. The van der Waals surface area contributed by atoms with Gasteiger partial charge in [-0.3, -0.25) is 13.6 Å². The van der Waals surface area contributed by atoms with E-state index in [1.54, 1.807) is 12.3 Å². The lowest BCUT2D eigenvalue weighted by Crippen LogP contribution is -2.27. The van der Waals surface area contributed by atoms with Crippen LogP contribution in [0.5, 0.6) is 5.75 Å². The number of ether oxygens (including phenoxy) is 1. The molecule has 0 saturated carbocycles. The van der Waals surface area contributed by atoms with E-state index in [-0.39, 0.29) is 18.1 Å². The van der Waals surface area contributed by atoms with Crippen LogP contribution in [0.3, 0.4) is 0 Å². The SMILES string of the molecule is FCF.Nc1ccn(C2CCC(COP3OCc4ccccc4O3)O2)c(=O)n1. The smallest absolute Gasteiger partial charge is 0.397 e. The van der Waals surface area contributed by atoms with Gasteiger partial charge in [-0.1, -0.05) is 18.2 Å². The maximum absolute atomic E-state index is 11.9. The van der Waals surface area contributed by atoms with Crippen molar-refractivity contribution in [2.75, 3.05) is 19.3 Å². The molecule has 0 spiro atoms. The number of hydrogen-bond acceptors (Lipinski definition) is 7. The Bertz CT molecular complexity index is 840. The third kappa shape index (κ3) is 5.23. The Kier molecular flexibility index (Phi) is 7.27. The van der Waals surface area contributed by atoms with Gasteiger partial charge >= 0.3 is 14.3 Å². The molecule has 0 aliphatic carbocycles. The number of benzene rings is 1. The molecule has 8 nitrogen and oxygen atoms in total. The molecule has 3 unspecified atom stereocenters. The van der Waals surface area contributed by atoms with Crippen molar-refractivity contribution in [1.29, 1.82) is 0 Å². The van der Waals surface area contributed by atoms with Gasteiger partial charge in [-0.25, -0.2) is 13.6 Å². The summed E-state index contributed by atoms with van der Waals surface area (Å²) in [4.78, 5) is 15.6. The lowest BCUT2D eigenvalue weighted by molar-refractivity contribution is -0.0228. The highest BCUT2D eigenvalue weighted by atomic mass is 31.2. The second-order valence-corrected chi connectivity index (χ2v) is 7.07. The predicted octanol–water partition coefficient (Wildman–Crippen LogP) is 3.24. The van der Waals surface area contributed by atoms with E-state index in [1.807, 2.05) is 24.3 Å². The fourth-order valence-electron chi connectivity index (χ4n) is 2.81. The third-order valence-corrected chi connectivity index (χ3v) is 5.13. The van der Waals surface area contributed by atoms with Crippen LogP contribution in [-0.2, 0) is 20.4 Å². The van der Waals surface area contributed by atoms with Gasteiger partial charge in [0.15, 0.2) is 0 Å². The topological polar surface area (TPSA) is 97.8 Å². The third-order valence-electron chi connectivity index (χ3n) is 4.08. The number of para-hydroxylation sites is 1. The Morgan fingerprint density at radius 3 is 2.86 bits per heavy atom. The normalized spacial score (nSPS) is 23.3. The zero-order valence-corrected chi connectivity index (χ0v) is 15.8. The zero-order valence-electron chi connectivity index (χ0n) is 14.9. The summed E-state index contributed by atoms with van der Waals surface area (Å²) in [5.41, 5.74) is 6.11. The van der Waals surface area contributed by atoms with Crippen LogP contribution in [0, 0.1) is 0 Å². The number of fused-ring (bicyclic) bond motifs is 1. The number of anilines is 1. The molecule has 1 saturated heterocycles. The maximum Gasteiger partial charge on any atom is 0.397 e. The van der Waals surface area contributed by atoms with Gasteiger partial charge in [0.2, 0.25) is 6.93 Å². The van der Waals surface area contributed by atoms with Crippen LogP contribution in [0.1, 0.15) is 24.6 Å². The molecule has 0 bridgehead atoms. The highest BCUT2D eigenvalue weighted by molar-refractivity contribution is 7.42. The highest BCUT2D eigenvalue weighted by Crippen LogP contribution is 2.47. The first-order valence-corrected chi connectivity index (χ1v) is 9.64. The lowest BCUT2D eigenvalue weighted by atomic mass is 10.2. The predicted molar refractivity (Wildman–Crippen MR) is 97.9 cm³/mol. The van der Waals surface area contributed by atoms with Crippen molar-refractivity contribution in [2.24, 2.45) is 0 Å². The van der Waals surface area contributed by atoms with Crippen LogP contribution in [-0.4, -0.2) is 29.2 Å². The molecule has 4 rings (SSSR count). The van der Waals surface area contributed by atoms with Gasteiger partial charge in [-0.2, -0.15) is 4.98 Å². The number of nitrogens with zero attached hydrogens (tertiary/aromatic N) is 2. The summed E-state index contributed by atoms with van der Waals surface area (Å²) >= 11 is 0. The van der Waals surface area contributed by atoms with Crippen molar-refractivity contribution >= 4 is 14.4 Å². The van der Waals surface area contributed by atoms with Crippen molar-refractivity contribution in [3.63, 3.8) is 0 Å². The quantitative estimate of drug-likeness (QED) is 0.766. The van der Waals surface area contributed by atoms with Crippen LogP contribution in [0.25, 0.3) is 0 Å². The molecule has 1 fully saturated rings. The second kappa shape index (κ2) is 9.88. The molecule has 152 valence electrons. The maximum atomic E-state index is 11.9. The monoisotopic (exact) mass is 415 g/mol. The van der Waals surface area contributed by atoms with E-state index < -0.39 is 21.2 Å². The summed E-state index contributed by atoms with van der Waals surface area (Å²) in [6.07, 6.45) is 2.62. The zero-order chi connectivity index (χ0) is 19.9. The summed E-state index contributed by atoms with van der Waals surface area (Å²) in [7, 11) is -1.43. The number of alkyl halides is 2. The summed E-state index contributed by atoms with van der Waals surface area (Å²) in [5.74, 6) is 0.999. The van der Waals surface area contributed by atoms with E-state index in [9.17, 15) is 13.6 Å². The molecule has 3 atom stereocenters. The molecule has 2 aliphatic rings.